The number of nitrogens with zero attached hydrogens (tertiary/aromatic N) is 1. The topological polar surface area (TPSA) is 46.6 Å². The summed E-state index contributed by atoms with van der Waals surface area (Å²) >= 11 is 0. The summed E-state index contributed by atoms with van der Waals surface area (Å²) < 4.78 is 5.40. The van der Waals surface area contributed by atoms with Crippen molar-refractivity contribution in [1.29, 1.82) is 0 Å². The van der Waals surface area contributed by atoms with Crippen molar-refractivity contribution in [3.05, 3.63) is 65.2 Å². The van der Waals surface area contributed by atoms with Crippen LogP contribution in [0.5, 0.6) is 0 Å². The molecule has 1 amide bonds. The van der Waals surface area contributed by atoms with Gasteiger partial charge in [0.1, 0.15) is 0 Å². The Balaban J connectivity index is 2.21. The summed E-state index contributed by atoms with van der Waals surface area (Å²) in [6.45, 7) is 14.8. The second kappa shape index (κ2) is 8.81. The summed E-state index contributed by atoms with van der Waals surface area (Å²) in [6.07, 6.45) is 0. The quantitative estimate of drug-likeness (QED) is 0.629. The van der Waals surface area contributed by atoms with E-state index in [1.165, 1.54) is 0 Å². The monoisotopic (exact) mass is 395 g/mol. The van der Waals surface area contributed by atoms with Gasteiger partial charge in [0.2, 0.25) is 0 Å². The molecular weight excluding hydrogens is 362 g/mol. The van der Waals surface area contributed by atoms with Gasteiger partial charge in [-0.1, -0.05) is 65.8 Å². The lowest BCUT2D eigenvalue weighted by Gasteiger charge is -2.26. The predicted molar refractivity (Wildman–Crippen MR) is 119 cm³/mol. The van der Waals surface area contributed by atoms with Gasteiger partial charge in [-0.05, 0) is 53.1 Å². The van der Waals surface area contributed by atoms with Gasteiger partial charge in [-0.25, -0.2) is 4.79 Å². The van der Waals surface area contributed by atoms with E-state index >= 15 is 0 Å². The van der Waals surface area contributed by atoms with Crippen molar-refractivity contribution < 1.29 is 14.3 Å². The number of benzene rings is 2. The number of amides is 1. The number of para-hydroxylation sites is 1. The number of likely N-dealkylation sites (N-methyl/N-ethyl adjacent to an activating group) is 1. The molecule has 2 aromatic rings. The van der Waals surface area contributed by atoms with Gasteiger partial charge in [0.15, 0.2) is 6.61 Å². The number of hydrogen-bond donors (Lipinski definition) is 0. The molecule has 0 bridgehead atoms. The summed E-state index contributed by atoms with van der Waals surface area (Å²) in [4.78, 5) is 27.0. The number of hydrogen-bond acceptors (Lipinski definition) is 3. The molecular formula is C25H33NO3. The zero-order valence-electron chi connectivity index (χ0n) is 18.7. The number of ether oxygens (including phenoxy) is 1. The van der Waals surface area contributed by atoms with Crippen LogP contribution in [0.3, 0.4) is 0 Å². The van der Waals surface area contributed by atoms with Crippen LogP contribution in [0.1, 0.15) is 70.0 Å². The zero-order valence-corrected chi connectivity index (χ0v) is 18.7. The van der Waals surface area contributed by atoms with Gasteiger partial charge < -0.3 is 9.64 Å². The van der Waals surface area contributed by atoms with E-state index in [9.17, 15) is 9.59 Å². The maximum absolute atomic E-state index is 12.8. The molecule has 0 aliphatic rings. The van der Waals surface area contributed by atoms with E-state index in [4.69, 9.17) is 4.74 Å². The second-order valence-electron chi connectivity index (χ2n) is 9.35. The largest absolute Gasteiger partial charge is 0.452 e. The predicted octanol–water partition coefficient (Wildman–Crippen LogP) is 5.49. The van der Waals surface area contributed by atoms with Crippen LogP contribution in [0.15, 0.2) is 48.5 Å². The van der Waals surface area contributed by atoms with Crippen molar-refractivity contribution in [3.8, 4) is 0 Å². The first kappa shape index (κ1) is 22.7. The van der Waals surface area contributed by atoms with Crippen LogP contribution in [0, 0.1) is 0 Å². The second-order valence-corrected chi connectivity index (χ2v) is 9.35. The first-order valence-corrected chi connectivity index (χ1v) is 10.1. The molecule has 0 saturated heterocycles. The Morgan fingerprint density at radius 2 is 1.38 bits per heavy atom. The third kappa shape index (κ3) is 5.93. The van der Waals surface area contributed by atoms with Crippen LogP contribution in [0.4, 0.5) is 5.69 Å². The lowest BCUT2D eigenvalue weighted by atomic mass is 9.79. The Kier molecular flexibility index (Phi) is 6.89. The molecule has 0 spiro atoms. The summed E-state index contributed by atoms with van der Waals surface area (Å²) in [5.74, 6) is -0.714. The Hall–Kier alpha value is -2.62. The molecule has 2 aromatic carbocycles. The third-order valence-corrected chi connectivity index (χ3v) is 4.91. The fourth-order valence-corrected chi connectivity index (χ4v) is 3.01. The highest BCUT2D eigenvalue weighted by Crippen LogP contribution is 2.30. The fourth-order valence-electron chi connectivity index (χ4n) is 3.01. The zero-order chi connectivity index (χ0) is 21.8. The average Bonchev–Trinajstić information content (AvgIpc) is 2.65. The van der Waals surface area contributed by atoms with E-state index in [-0.39, 0.29) is 23.3 Å². The van der Waals surface area contributed by atoms with Gasteiger partial charge in [0.25, 0.3) is 5.91 Å². The van der Waals surface area contributed by atoms with Crippen molar-refractivity contribution in [3.63, 3.8) is 0 Å². The lowest BCUT2D eigenvalue weighted by molar-refractivity contribution is -0.121. The normalized spacial score (nSPS) is 11.8. The van der Waals surface area contributed by atoms with Crippen LogP contribution < -0.4 is 4.90 Å². The van der Waals surface area contributed by atoms with E-state index in [0.717, 1.165) is 16.8 Å². The standard InChI is InChI=1S/C25H33NO3/c1-8-26(21-12-10-9-11-13-21)22(27)17-29-23(28)18-14-19(24(2,3)4)16-20(15-18)25(5,6)7/h9-16H,8,17H2,1-7H3. The molecule has 0 radical (unpaired) electrons. The molecule has 0 atom stereocenters. The molecule has 0 N–H and O–H groups in total. The minimum absolute atomic E-state index is 0.0988. The Bertz CT molecular complexity index is 826. The number of carbonyl (C=O) groups is 2. The van der Waals surface area contributed by atoms with Crippen molar-refractivity contribution >= 4 is 17.6 Å². The highest BCUT2D eigenvalue weighted by molar-refractivity contribution is 5.97. The van der Waals surface area contributed by atoms with E-state index < -0.39 is 5.97 Å². The molecule has 29 heavy (non-hydrogen) atoms. The molecule has 156 valence electrons. The SMILES string of the molecule is CCN(C(=O)COC(=O)c1cc(C(C)(C)C)cc(C(C)(C)C)c1)c1ccccc1. The Morgan fingerprint density at radius 3 is 1.83 bits per heavy atom. The fraction of sp³-hybridized carbons (Fsp3) is 0.440. The van der Waals surface area contributed by atoms with Gasteiger partial charge in [-0.15, -0.1) is 0 Å². The van der Waals surface area contributed by atoms with Gasteiger partial charge in [0, 0.05) is 12.2 Å². The molecule has 4 nitrogen and oxygen atoms in total. The van der Waals surface area contributed by atoms with Crippen molar-refractivity contribution in [2.24, 2.45) is 0 Å². The van der Waals surface area contributed by atoms with Crippen molar-refractivity contribution in [2.45, 2.75) is 59.3 Å². The van der Waals surface area contributed by atoms with Crippen molar-refractivity contribution in [1.82, 2.24) is 0 Å². The average molecular weight is 396 g/mol. The maximum Gasteiger partial charge on any atom is 0.338 e. The Morgan fingerprint density at radius 1 is 0.862 bits per heavy atom. The summed E-state index contributed by atoms with van der Waals surface area (Å²) in [7, 11) is 0. The maximum atomic E-state index is 12.8. The number of esters is 1. The smallest absolute Gasteiger partial charge is 0.338 e. The summed E-state index contributed by atoms with van der Waals surface area (Å²) in [5.41, 5.74) is 3.22. The van der Waals surface area contributed by atoms with E-state index in [1.54, 1.807) is 4.90 Å². The number of carbonyl (C=O) groups excluding carboxylic acids is 2. The number of rotatable bonds is 5. The minimum Gasteiger partial charge on any atom is -0.452 e. The minimum atomic E-state index is -0.473. The molecule has 0 aliphatic carbocycles. The molecule has 0 aromatic heterocycles. The third-order valence-electron chi connectivity index (χ3n) is 4.91. The lowest BCUT2D eigenvalue weighted by Crippen LogP contribution is -2.34. The molecule has 2 rings (SSSR count). The van der Waals surface area contributed by atoms with Gasteiger partial charge in [-0.2, -0.15) is 0 Å². The van der Waals surface area contributed by atoms with Gasteiger partial charge in [-0.3, -0.25) is 4.79 Å². The van der Waals surface area contributed by atoms with Gasteiger partial charge >= 0.3 is 5.97 Å². The van der Waals surface area contributed by atoms with Crippen LogP contribution in [-0.2, 0) is 20.4 Å². The Labute approximate surface area is 174 Å². The molecule has 0 aliphatic heterocycles. The van der Waals surface area contributed by atoms with Crippen molar-refractivity contribution in [2.75, 3.05) is 18.1 Å². The first-order chi connectivity index (χ1) is 13.4. The van der Waals surface area contributed by atoms with E-state index in [1.807, 2.05) is 49.4 Å². The highest BCUT2D eigenvalue weighted by atomic mass is 16.5. The molecule has 0 heterocycles. The summed E-state index contributed by atoms with van der Waals surface area (Å²) in [6, 6.07) is 15.3. The van der Waals surface area contributed by atoms with Crippen LogP contribution >= 0.6 is 0 Å². The van der Waals surface area contributed by atoms with Crippen LogP contribution in [0.25, 0.3) is 0 Å². The molecule has 0 fully saturated rings. The van der Waals surface area contributed by atoms with Gasteiger partial charge in [0.05, 0.1) is 5.56 Å². The molecule has 0 unspecified atom stereocenters. The molecule has 0 saturated carbocycles. The summed E-state index contributed by atoms with van der Waals surface area (Å²) in [5, 5.41) is 0. The van der Waals surface area contributed by atoms with Crippen LogP contribution in [0.2, 0.25) is 0 Å². The molecule has 4 heteroatoms. The van der Waals surface area contributed by atoms with Crippen LogP contribution in [-0.4, -0.2) is 25.0 Å². The first-order valence-electron chi connectivity index (χ1n) is 10.1. The number of anilines is 1. The highest BCUT2D eigenvalue weighted by Gasteiger charge is 2.23. The van der Waals surface area contributed by atoms with E-state index in [2.05, 4.69) is 47.6 Å². The van der Waals surface area contributed by atoms with E-state index in [0.29, 0.717) is 12.1 Å².